The number of pyridine rings is 1. The van der Waals surface area contributed by atoms with Gasteiger partial charge in [0.25, 0.3) is 5.91 Å². The maximum atomic E-state index is 13.0. The van der Waals surface area contributed by atoms with Crippen LogP contribution in [0.4, 0.5) is 13.2 Å². The van der Waals surface area contributed by atoms with Gasteiger partial charge in [0, 0.05) is 24.8 Å². The number of amides is 1. The highest BCUT2D eigenvalue weighted by Crippen LogP contribution is 2.44. The number of halogens is 3. The maximum absolute atomic E-state index is 13.0. The van der Waals surface area contributed by atoms with Crippen LogP contribution in [0.5, 0.6) is 0 Å². The molecule has 1 N–H and O–H groups in total. The minimum atomic E-state index is -4.10. The van der Waals surface area contributed by atoms with Crippen LogP contribution < -0.4 is 5.32 Å². The monoisotopic (exact) mass is 541 g/mol. The molecule has 0 spiro atoms. The molecule has 1 aliphatic heterocycles. The van der Waals surface area contributed by atoms with Gasteiger partial charge in [-0.2, -0.15) is 13.2 Å². The van der Waals surface area contributed by atoms with E-state index in [-0.39, 0.29) is 59.6 Å². The molecule has 0 aromatic carbocycles. The zero-order valence-corrected chi connectivity index (χ0v) is 22.2. The Morgan fingerprint density at radius 1 is 1.22 bits per heavy atom. The van der Waals surface area contributed by atoms with Gasteiger partial charge in [-0.15, -0.1) is 0 Å². The lowest BCUT2D eigenvalue weighted by Gasteiger charge is -2.35. The quantitative estimate of drug-likeness (QED) is 0.489. The van der Waals surface area contributed by atoms with Crippen molar-refractivity contribution >= 4 is 15.7 Å². The number of rotatable bonds is 8. The van der Waals surface area contributed by atoms with E-state index in [4.69, 9.17) is 4.42 Å². The molecule has 1 fully saturated rings. The molecule has 2 aromatic rings. The number of sulfone groups is 1. The number of aromatic nitrogens is 1. The topological polar surface area (TPSA) is 92.5 Å². The molecule has 0 bridgehead atoms. The summed E-state index contributed by atoms with van der Waals surface area (Å²) in [5, 5.41) is 2.76. The van der Waals surface area contributed by atoms with E-state index in [1.807, 2.05) is 0 Å². The van der Waals surface area contributed by atoms with Gasteiger partial charge in [0.15, 0.2) is 15.6 Å². The van der Waals surface area contributed by atoms with Crippen molar-refractivity contribution in [2.75, 3.05) is 12.3 Å². The molecule has 2 aromatic heterocycles. The molecule has 1 atom stereocenters. The Morgan fingerprint density at radius 3 is 2.49 bits per heavy atom. The lowest BCUT2D eigenvalue weighted by Crippen LogP contribution is -2.35. The van der Waals surface area contributed by atoms with Crippen LogP contribution in [0.25, 0.3) is 0 Å². The molecular formula is C26H34F3N3O4S. The Labute approximate surface area is 215 Å². The summed E-state index contributed by atoms with van der Waals surface area (Å²) in [5.41, 5.74) is 1.45. The van der Waals surface area contributed by atoms with Gasteiger partial charge in [-0.3, -0.25) is 14.7 Å². The van der Waals surface area contributed by atoms with Crippen molar-refractivity contribution in [3.63, 3.8) is 0 Å². The fourth-order valence-corrected chi connectivity index (χ4v) is 6.26. The molecule has 4 rings (SSSR count). The standard InChI is InChI=1S/C26H34F3N3O4S/c1-4-37(34,35)21-10-9-20(30-13-21)12-31-25(33)22-11-18-15-32(23(16(2)3)24(18)36-22)14-17-5-7-19(8-6-17)26(27,28)29/h9-11,13,16-17,19,23H,4-8,12,14-15H2,1-3H3,(H,31,33). The second-order valence-electron chi connectivity index (χ2n) is 10.4. The minimum absolute atomic E-state index is 0.0120. The Kier molecular flexibility index (Phi) is 8.04. The van der Waals surface area contributed by atoms with Gasteiger partial charge in [0.05, 0.1) is 34.8 Å². The first-order chi connectivity index (χ1) is 17.4. The lowest BCUT2D eigenvalue weighted by atomic mass is 9.81. The molecule has 0 saturated heterocycles. The fourth-order valence-electron chi connectivity index (χ4n) is 5.44. The van der Waals surface area contributed by atoms with E-state index < -0.39 is 21.9 Å². The zero-order chi connectivity index (χ0) is 27.0. The van der Waals surface area contributed by atoms with Crippen LogP contribution in [0.3, 0.4) is 0 Å². The number of hydrogen-bond donors (Lipinski definition) is 1. The van der Waals surface area contributed by atoms with Gasteiger partial charge in [-0.05, 0) is 55.7 Å². The smallest absolute Gasteiger partial charge is 0.391 e. The molecule has 1 aliphatic carbocycles. The molecule has 1 unspecified atom stereocenters. The van der Waals surface area contributed by atoms with Gasteiger partial charge >= 0.3 is 6.18 Å². The highest BCUT2D eigenvalue weighted by atomic mass is 32.2. The van der Waals surface area contributed by atoms with E-state index in [9.17, 15) is 26.4 Å². The molecule has 2 aliphatic rings. The summed E-state index contributed by atoms with van der Waals surface area (Å²) < 4.78 is 68.9. The van der Waals surface area contributed by atoms with Crippen LogP contribution in [0, 0.1) is 17.8 Å². The Morgan fingerprint density at radius 2 is 1.92 bits per heavy atom. The molecule has 1 amide bonds. The average molecular weight is 542 g/mol. The van der Waals surface area contributed by atoms with Crippen LogP contribution in [-0.2, 0) is 22.9 Å². The Bertz CT molecular complexity index is 1200. The van der Waals surface area contributed by atoms with Crippen molar-refractivity contribution < 1.29 is 30.8 Å². The summed E-state index contributed by atoms with van der Waals surface area (Å²) in [5.74, 6) is -0.212. The van der Waals surface area contributed by atoms with Gasteiger partial charge in [-0.25, -0.2) is 8.42 Å². The second kappa shape index (κ2) is 10.8. The van der Waals surface area contributed by atoms with Gasteiger partial charge in [0.2, 0.25) is 0 Å². The Balaban J connectivity index is 1.36. The van der Waals surface area contributed by atoms with E-state index in [1.54, 1.807) is 19.1 Å². The first-order valence-corrected chi connectivity index (χ1v) is 14.4. The van der Waals surface area contributed by atoms with Crippen molar-refractivity contribution in [1.29, 1.82) is 0 Å². The van der Waals surface area contributed by atoms with Crippen molar-refractivity contribution in [2.45, 2.75) is 76.7 Å². The van der Waals surface area contributed by atoms with Gasteiger partial charge in [-0.1, -0.05) is 20.8 Å². The van der Waals surface area contributed by atoms with Crippen molar-refractivity contribution in [2.24, 2.45) is 17.8 Å². The normalized spacial score (nSPS) is 22.8. The molecule has 1 saturated carbocycles. The molecular weight excluding hydrogens is 507 g/mol. The van der Waals surface area contributed by atoms with Crippen LogP contribution in [0.15, 0.2) is 33.7 Å². The van der Waals surface area contributed by atoms with E-state index in [1.165, 1.54) is 12.3 Å². The first-order valence-electron chi connectivity index (χ1n) is 12.8. The van der Waals surface area contributed by atoms with Crippen LogP contribution in [0.2, 0.25) is 0 Å². The number of alkyl halides is 3. The third kappa shape index (κ3) is 6.19. The maximum Gasteiger partial charge on any atom is 0.391 e. The average Bonchev–Trinajstić information content (AvgIpc) is 3.40. The summed E-state index contributed by atoms with van der Waals surface area (Å²) >= 11 is 0. The molecule has 0 radical (unpaired) electrons. The molecule has 7 nitrogen and oxygen atoms in total. The van der Waals surface area contributed by atoms with Crippen molar-refractivity contribution in [1.82, 2.24) is 15.2 Å². The highest BCUT2D eigenvalue weighted by Gasteiger charge is 2.43. The minimum Gasteiger partial charge on any atom is -0.454 e. The zero-order valence-electron chi connectivity index (χ0n) is 21.3. The largest absolute Gasteiger partial charge is 0.454 e. The van der Waals surface area contributed by atoms with Crippen molar-refractivity contribution in [3.8, 4) is 0 Å². The number of nitrogens with zero attached hydrogens (tertiary/aromatic N) is 2. The van der Waals surface area contributed by atoms with E-state index in [0.717, 1.165) is 11.3 Å². The first kappa shape index (κ1) is 27.6. The highest BCUT2D eigenvalue weighted by molar-refractivity contribution is 7.91. The number of furan rings is 1. The predicted molar refractivity (Wildman–Crippen MR) is 131 cm³/mol. The summed E-state index contributed by atoms with van der Waals surface area (Å²) in [6.45, 7) is 7.15. The molecule has 204 valence electrons. The number of carbonyl (C=O) groups is 1. The third-order valence-electron chi connectivity index (χ3n) is 7.50. The van der Waals surface area contributed by atoms with Crippen LogP contribution in [0.1, 0.15) is 80.1 Å². The van der Waals surface area contributed by atoms with Crippen molar-refractivity contribution in [3.05, 3.63) is 47.2 Å². The number of carbonyl (C=O) groups excluding carboxylic acids is 1. The molecule has 37 heavy (non-hydrogen) atoms. The number of nitrogens with one attached hydrogen (secondary N) is 1. The fraction of sp³-hybridized carbons (Fsp3) is 0.615. The van der Waals surface area contributed by atoms with E-state index >= 15 is 0 Å². The summed E-state index contributed by atoms with van der Waals surface area (Å²) in [6.07, 6.45) is -1.30. The summed E-state index contributed by atoms with van der Waals surface area (Å²) in [6, 6.07) is 4.75. The summed E-state index contributed by atoms with van der Waals surface area (Å²) in [7, 11) is -3.34. The SMILES string of the molecule is CCS(=O)(=O)c1ccc(CNC(=O)c2cc3c(o2)C(C(C)C)N(CC2CCC(C(F)(F)F)CC2)C3)nc1. The molecule has 11 heteroatoms. The predicted octanol–water partition coefficient (Wildman–Crippen LogP) is 5.28. The van der Waals surface area contributed by atoms with Gasteiger partial charge in [0.1, 0.15) is 5.76 Å². The van der Waals surface area contributed by atoms with Gasteiger partial charge < -0.3 is 9.73 Å². The third-order valence-corrected chi connectivity index (χ3v) is 9.22. The number of fused-ring (bicyclic) bond motifs is 1. The van der Waals surface area contributed by atoms with Crippen LogP contribution in [-0.4, -0.2) is 42.7 Å². The summed E-state index contributed by atoms with van der Waals surface area (Å²) in [4.78, 5) is 19.3. The Hall–Kier alpha value is -2.40. The molecule has 3 heterocycles. The van der Waals surface area contributed by atoms with E-state index in [2.05, 4.69) is 29.0 Å². The second-order valence-corrected chi connectivity index (χ2v) is 12.7. The van der Waals surface area contributed by atoms with E-state index in [0.29, 0.717) is 31.6 Å². The number of hydrogen-bond acceptors (Lipinski definition) is 6. The van der Waals surface area contributed by atoms with Crippen LogP contribution >= 0.6 is 0 Å². The lowest BCUT2D eigenvalue weighted by molar-refractivity contribution is -0.184.